The van der Waals surface area contributed by atoms with E-state index in [1.165, 1.54) is 21.3 Å². The number of carbonyl (C=O) groups excluding carboxylic acids is 3. The van der Waals surface area contributed by atoms with E-state index in [9.17, 15) is 14.4 Å². The van der Waals surface area contributed by atoms with Crippen LogP contribution in [-0.4, -0.2) is 78.2 Å². The van der Waals surface area contributed by atoms with Crippen molar-refractivity contribution >= 4 is 59.2 Å². The van der Waals surface area contributed by atoms with Gasteiger partial charge in [-0.25, -0.2) is 0 Å². The van der Waals surface area contributed by atoms with Gasteiger partial charge in [0.2, 0.25) is 0 Å². The van der Waals surface area contributed by atoms with Gasteiger partial charge in [0.15, 0.2) is 23.0 Å². The highest BCUT2D eigenvalue weighted by Gasteiger charge is 2.37. The van der Waals surface area contributed by atoms with Crippen LogP contribution >= 0.6 is 0 Å². The normalized spacial score (nSPS) is 14.7. The summed E-state index contributed by atoms with van der Waals surface area (Å²) in [4.78, 5) is 54.4. The lowest BCUT2D eigenvalue weighted by atomic mass is 10.1. The van der Waals surface area contributed by atoms with Crippen LogP contribution in [-0.2, 0) is 35.6 Å². The second-order valence-corrected chi connectivity index (χ2v) is 14.9. The zero-order valence-corrected chi connectivity index (χ0v) is 34.2. The summed E-state index contributed by atoms with van der Waals surface area (Å²) >= 11 is 0. The number of carbonyl (C=O) groups is 3. The largest absolute Gasteiger partial charge is 0.493 e. The number of hydrogen-bond acceptors (Lipinski definition) is 11. The molecule has 8 rings (SSSR count). The van der Waals surface area contributed by atoms with E-state index in [-0.39, 0.29) is 37.6 Å². The molecule has 0 aliphatic carbocycles. The molecule has 0 saturated carbocycles. The molecular formula is C47H45N5O8. The van der Waals surface area contributed by atoms with Crippen molar-refractivity contribution in [2.45, 2.75) is 39.0 Å². The predicted molar refractivity (Wildman–Crippen MR) is 231 cm³/mol. The molecule has 3 aliphatic heterocycles. The van der Waals surface area contributed by atoms with Crippen LogP contribution in [0.2, 0.25) is 0 Å². The molecule has 0 aromatic heterocycles. The maximum atomic E-state index is 14.0. The van der Waals surface area contributed by atoms with Gasteiger partial charge in [0.05, 0.1) is 49.9 Å². The maximum absolute atomic E-state index is 14.0. The van der Waals surface area contributed by atoms with Gasteiger partial charge in [-0.2, -0.15) is 0 Å². The Morgan fingerprint density at radius 1 is 0.850 bits per heavy atom. The van der Waals surface area contributed by atoms with Crippen LogP contribution in [0.3, 0.4) is 0 Å². The first kappa shape index (κ1) is 39.7. The smallest absolute Gasteiger partial charge is 0.325 e. The van der Waals surface area contributed by atoms with Crippen LogP contribution in [0.4, 0.5) is 28.4 Å². The first-order valence-corrected chi connectivity index (χ1v) is 19.5. The summed E-state index contributed by atoms with van der Waals surface area (Å²) in [6.07, 6.45) is 3.28. The van der Waals surface area contributed by atoms with E-state index in [0.29, 0.717) is 64.2 Å². The molecule has 3 aliphatic rings. The van der Waals surface area contributed by atoms with Crippen molar-refractivity contribution in [3.8, 4) is 23.0 Å². The number of methoxy groups -OCH3 is 3. The number of rotatable bonds is 13. The van der Waals surface area contributed by atoms with E-state index in [0.717, 1.165) is 45.6 Å². The Hall–Kier alpha value is -7.15. The highest BCUT2D eigenvalue weighted by Crippen LogP contribution is 2.42. The Morgan fingerprint density at radius 3 is 2.28 bits per heavy atom. The molecule has 13 nitrogen and oxygen atoms in total. The molecule has 1 atom stereocenters. The first-order valence-electron chi connectivity index (χ1n) is 19.5. The number of ether oxygens (including phenoxy) is 5. The van der Waals surface area contributed by atoms with Gasteiger partial charge in [0.1, 0.15) is 19.8 Å². The first-order chi connectivity index (χ1) is 29.1. The number of esters is 1. The van der Waals surface area contributed by atoms with Crippen LogP contribution in [0.15, 0.2) is 94.9 Å². The zero-order chi connectivity index (χ0) is 42.1. The number of likely N-dealkylation sites (N-methyl/N-ethyl adjacent to an activating group) is 1. The lowest BCUT2D eigenvalue weighted by Gasteiger charge is -2.22. The molecule has 0 bridgehead atoms. The molecule has 2 amide bonds. The highest BCUT2D eigenvalue weighted by molar-refractivity contribution is 6.15. The van der Waals surface area contributed by atoms with E-state index in [4.69, 9.17) is 28.7 Å². The average Bonchev–Trinajstić information content (AvgIpc) is 3.83. The second-order valence-electron chi connectivity index (χ2n) is 14.9. The van der Waals surface area contributed by atoms with E-state index in [1.807, 2.05) is 67.7 Å². The van der Waals surface area contributed by atoms with Gasteiger partial charge in [-0.05, 0) is 84.8 Å². The molecular weight excluding hydrogens is 763 g/mol. The fraction of sp³-hybridized carbons (Fsp3) is 0.255. The molecule has 3 heterocycles. The minimum Gasteiger partial charge on any atom is -0.493 e. The SMILES string of the molecule is C=Nc1cc(OCc2cc(COc3cc4c(cc3OC)C(=O)N3c5ccc(C)cc5C[C@H]3C=N4)cc(N(C)CC(=O)OC)c2)c(OC)cc1C(=O)N1CCc2ccccc21. The predicted octanol–water partition coefficient (Wildman–Crippen LogP) is 7.60. The summed E-state index contributed by atoms with van der Waals surface area (Å²) in [5.74, 6) is 0.760. The lowest BCUT2D eigenvalue weighted by molar-refractivity contribution is -0.138. The van der Waals surface area contributed by atoms with Gasteiger partial charge in [0.25, 0.3) is 11.8 Å². The van der Waals surface area contributed by atoms with Gasteiger partial charge >= 0.3 is 5.97 Å². The lowest BCUT2D eigenvalue weighted by Crippen LogP contribution is -2.37. The van der Waals surface area contributed by atoms with E-state index < -0.39 is 5.97 Å². The molecule has 0 spiro atoms. The van der Waals surface area contributed by atoms with Gasteiger partial charge in [0, 0.05) is 55.4 Å². The third-order valence-corrected chi connectivity index (χ3v) is 11.0. The van der Waals surface area contributed by atoms with Gasteiger partial charge in [-0.3, -0.25) is 29.3 Å². The standard InChI is InChI=1S/C47H45N5O8/c1-28-11-12-40-32(15-28)19-34-24-49-38-23-44(42(57-5)21-36(38)47(55)52(34)40)60-27-30-16-29(17-33(18-30)50(3)25-45(53)58-6)26-59-43-22-37(48-2)35(20-41(43)56-4)46(54)51-14-13-31-9-7-8-10-39(31)51/h7-12,15-18,20-24,34H,2,13-14,19,25-27H2,1,3-6H3/t34-/m0/s1. The van der Waals surface area contributed by atoms with Crippen molar-refractivity contribution in [2.75, 3.05) is 56.2 Å². The summed E-state index contributed by atoms with van der Waals surface area (Å²) in [7, 11) is 6.18. The van der Waals surface area contributed by atoms with Crippen molar-refractivity contribution in [3.05, 3.63) is 124 Å². The Morgan fingerprint density at radius 2 is 1.57 bits per heavy atom. The van der Waals surface area contributed by atoms with E-state index >= 15 is 0 Å². The summed E-state index contributed by atoms with van der Waals surface area (Å²) in [5, 5.41) is 0. The van der Waals surface area contributed by atoms with Gasteiger partial charge < -0.3 is 33.5 Å². The summed E-state index contributed by atoms with van der Waals surface area (Å²) in [6.45, 7) is 6.54. The number of hydrogen-bond donors (Lipinski definition) is 0. The maximum Gasteiger partial charge on any atom is 0.325 e. The van der Waals surface area contributed by atoms with Crippen molar-refractivity contribution in [2.24, 2.45) is 9.98 Å². The number of aliphatic imine (C=N–C) groups is 2. The minimum absolute atomic E-state index is 0.00699. The van der Waals surface area contributed by atoms with Crippen LogP contribution in [0.1, 0.15) is 48.5 Å². The number of fused-ring (bicyclic) bond motifs is 5. The van der Waals surface area contributed by atoms with E-state index in [1.54, 1.807) is 46.0 Å². The van der Waals surface area contributed by atoms with Crippen LogP contribution in [0.5, 0.6) is 23.0 Å². The Labute approximate surface area is 348 Å². The van der Waals surface area contributed by atoms with Crippen molar-refractivity contribution in [1.82, 2.24) is 0 Å². The Kier molecular flexibility index (Phi) is 11.0. The minimum atomic E-state index is -0.401. The molecule has 5 aromatic carbocycles. The Bertz CT molecular complexity index is 2570. The molecule has 0 fully saturated rings. The Balaban J connectivity index is 1.05. The molecule has 60 heavy (non-hydrogen) atoms. The van der Waals surface area contributed by atoms with Crippen molar-refractivity contribution in [3.63, 3.8) is 0 Å². The fourth-order valence-electron chi connectivity index (χ4n) is 8.00. The summed E-state index contributed by atoms with van der Waals surface area (Å²) < 4.78 is 29.1. The quantitative estimate of drug-likeness (QED) is 0.0872. The highest BCUT2D eigenvalue weighted by atomic mass is 16.5. The average molecular weight is 808 g/mol. The van der Waals surface area contributed by atoms with Gasteiger partial charge in [-0.1, -0.05) is 35.9 Å². The van der Waals surface area contributed by atoms with Crippen LogP contribution in [0.25, 0.3) is 0 Å². The molecule has 5 aromatic rings. The topological polar surface area (TPSA) is 132 Å². The molecule has 306 valence electrons. The number of aryl methyl sites for hydroxylation is 1. The number of benzene rings is 5. The third-order valence-electron chi connectivity index (χ3n) is 11.0. The zero-order valence-electron chi connectivity index (χ0n) is 34.2. The van der Waals surface area contributed by atoms with Gasteiger partial charge in [-0.15, -0.1) is 0 Å². The van der Waals surface area contributed by atoms with E-state index in [2.05, 4.69) is 17.8 Å². The number of anilines is 3. The molecule has 13 heteroatoms. The third kappa shape index (κ3) is 7.61. The van der Waals surface area contributed by atoms with Crippen LogP contribution < -0.4 is 33.6 Å². The molecule has 0 N–H and O–H groups in total. The second kappa shape index (κ2) is 16.6. The van der Waals surface area contributed by atoms with Crippen LogP contribution in [0, 0.1) is 6.92 Å². The number of nitrogens with zero attached hydrogens (tertiary/aromatic N) is 5. The monoisotopic (exact) mass is 807 g/mol. The summed E-state index contributed by atoms with van der Waals surface area (Å²) in [5.41, 5.74) is 8.98. The number of para-hydroxylation sites is 1. The molecule has 0 unspecified atom stereocenters. The molecule has 0 saturated heterocycles. The fourth-order valence-corrected chi connectivity index (χ4v) is 8.00. The van der Waals surface area contributed by atoms with Crippen molar-refractivity contribution in [1.29, 1.82) is 0 Å². The van der Waals surface area contributed by atoms with Crippen molar-refractivity contribution < 1.29 is 38.1 Å². The summed E-state index contributed by atoms with van der Waals surface area (Å²) in [6, 6.07) is 26.2. The number of amides is 2. The molecule has 0 radical (unpaired) electrons.